The predicted octanol–water partition coefficient (Wildman–Crippen LogP) is 14.8. The van der Waals surface area contributed by atoms with Crippen LogP contribution in [-0.2, 0) is 16.2 Å². The quantitative estimate of drug-likeness (QED) is 0.174. The van der Waals surface area contributed by atoms with Gasteiger partial charge in [0, 0.05) is 20.8 Å². The predicted molar refractivity (Wildman–Crippen MR) is 239 cm³/mol. The lowest BCUT2D eigenvalue weighted by Gasteiger charge is -2.35. The average molecular weight is 735 g/mol. The van der Waals surface area contributed by atoms with Gasteiger partial charge in [-0.3, -0.25) is 0 Å². The Morgan fingerprint density at radius 3 is 1.51 bits per heavy atom. The maximum Gasteiger partial charge on any atom is 0.0726 e. The number of benzene rings is 8. The molecule has 0 fully saturated rings. The van der Waals surface area contributed by atoms with Gasteiger partial charge in [0.05, 0.1) is 16.8 Å². The van der Waals surface area contributed by atoms with Crippen LogP contribution >= 0.6 is 0 Å². The van der Waals surface area contributed by atoms with Gasteiger partial charge in [0.25, 0.3) is 0 Å². The van der Waals surface area contributed by atoms with Crippen LogP contribution in [-0.4, -0.2) is 0 Å². The van der Waals surface area contributed by atoms with Crippen LogP contribution in [0, 0.1) is 0 Å². The molecule has 3 aliphatic carbocycles. The second-order valence-electron chi connectivity index (χ2n) is 17.0. The van der Waals surface area contributed by atoms with Crippen LogP contribution in [0.1, 0.15) is 77.6 Å². The Balaban J connectivity index is 1.19. The van der Waals surface area contributed by atoms with Gasteiger partial charge in [0.2, 0.25) is 0 Å². The summed E-state index contributed by atoms with van der Waals surface area (Å²) >= 11 is 0. The molecule has 0 radical (unpaired) electrons. The summed E-state index contributed by atoms with van der Waals surface area (Å²) < 4.78 is 24.8. The molecular formula is C56H45N. The molecule has 0 unspecified atom stereocenters. The highest BCUT2D eigenvalue weighted by Crippen LogP contribution is 2.64. The van der Waals surface area contributed by atoms with Crippen LogP contribution < -0.4 is 4.90 Å². The highest BCUT2D eigenvalue weighted by Gasteiger charge is 2.52. The van der Waals surface area contributed by atoms with Crippen LogP contribution in [0.15, 0.2) is 182 Å². The van der Waals surface area contributed by atoms with E-state index in [-0.39, 0.29) is 5.41 Å². The molecule has 0 heterocycles. The van der Waals surface area contributed by atoms with Crippen molar-refractivity contribution in [1.82, 2.24) is 0 Å². The molecule has 0 N–H and O–H groups in total. The molecule has 1 heteroatoms. The molecule has 0 aliphatic heterocycles. The Bertz CT molecular complexity index is 2980. The number of rotatable bonds is 4. The molecule has 274 valence electrons. The summed E-state index contributed by atoms with van der Waals surface area (Å²) in [5.74, 6) is 0. The fourth-order valence-corrected chi connectivity index (χ4v) is 10.6. The third-order valence-corrected chi connectivity index (χ3v) is 13.1. The first-order valence-electron chi connectivity index (χ1n) is 21.6. The first-order valence-corrected chi connectivity index (χ1v) is 20.1. The van der Waals surface area contributed by atoms with Crippen molar-refractivity contribution in [2.24, 2.45) is 0 Å². The van der Waals surface area contributed by atoms with E-state index in [4.69, 9.17) is 4.11 Å². The van der Waals surface area contributed by atoms with E-state index in [1.165, 1.54) is 66.8 Å². The Hall–Kier alpha value is -6.44. The van der Waals surface area contributed by atoms with E-state index in [1.54, 1.807) is 13.8 Å². The fourth-order valence-electron chi connectivity index (χ4n) is 10.6. The summed E-state index contributed by atoms with van der Waals surface area (Å²) in [5, 5.41) is 0. The maximum atomic E-state index is 8.27. The van der Waals surface area contributed by atoms with Crippen LogP contribution in [0.25, 0.3) is 44.5 Å². The zero-order valence-corrected chi connectivity index (χ0v) is 32.8. The van der Waals surface area contributed by atoms with Crippen molar-refractivity contribution in [2.45, 2.75) is 50.8 Å². The van der Waals surface area contributed by atoms with Gasteiger partial charge in [-0.2, -0.15) is 0 Å². The van der Waals surface area contributed by atoms with E-state index < -0.39 is 17.7 Å². The average Bonchev–Trinajstić information content (AvgIpc) is 3.82. The summed E-state index contributed by atoms with van der Waals surface area (Å²) in [7, 11) is 0. The van der Waals surface area contributed by atoms with Crippen molar-refractivity contribution in [3.8, 4) is 44.5 Å². The van der Waals surface area contributed by atoms with Crippen molar-refractivity contribution in [1.29, 1.82) is 0 Å². The molecule has 0 amide bonds. The third kappa shape index (κ3) is 4.63. The van der Waals surface area contributed by atoms with Gasteiger partial charge < -0.3 is 4.90 Å². The first kappa shape index (κ1) is 30.7. The molecule has 8 aromatic rings. The lowest BCUT2D eigenvalue weighted by atomic mass is 9.70. The second-order valence-corrected chi connectivity index (χ2v) is 17.0. The lowest BCUT2D eigenvalue weighted by Crippen LogP contribution is -2.26. The largest absolute Gasteiger partial charge is 0.310 e. The number of para-hydroxylation sites is 1. The minimum atomic E-state index is -2.13. The molecule has 11 rings (SSSR count). The minimum Gasteiger partial charge on any atom is -0.310 e. The molecule has 0 atom stereocenters. The SMILES string of the molecule is [2H]C([2H])([2H])C(C)(C)c1ccc(-c2ccccc2N(c2ccc3c(c2)C2(c4ccccc4-c4ccccc42)c2ccccc2-3)c2cccc3c2C(C)(C)c2ccccc2-3)cc1. The topological polar surface area (TPSA) is 3.24 Å². The van der Waals surface area contributed by atoms with Gasteiger partial charge in [-0.15, -0.1) is 0 Å². The van der Waals surface area contributed by atoms with E-state index in [0.29, 0.717) is 0 Å². The van der Waals surface area contributed by atoms with Crippen LogP contribution in [0.2, 0.25) is 0 Å². The number of hydrogen-bond acceptors (Lipinski definition) is 1. The molecule has 57 heavy (non-hydrogen) atoms. The zero-order valence-electron chi connectivity index (χ0n) is 35.8. The van der Waals surface area contributed by atoms with E-state index in [2.05, 4.69) is 189 Å². The van der Waals surface area contributed by atoms with E-state index in [1.807, 2.05) is 12.1 Å². The molecule has 0 aromatic heterocycles. The van der Waals surface area contributed by atoms with Crippen molar-refractivity contribution in [2.75, 3.05) is 4.90 Å². The molecule has 0 bridgehead atoms. The van der Waals surface area contributed by atoms with Crippen molar-refractivity contribution in [3.05, 3.63) is 221 Å². The Labute approximate surface area is 341 Å². The number of anilines is 3. The third-order valence-electron chi connectivity index (χ3n) is 13.1. The standard InChI is InChI=1S/C56H45N/c1-54(2,3)37-31-29-36(30-32-37)39-17-10-15-27-51(39)57(52-28-16-22-45-43-21-6-11-23-46(43)55(4,5)53(45)52)38-33-34-44-42-20-9-14-26-49(42)56(50(44)35-38)47-24-12-7-18-40(47)41-19-8-13-25-48(41)56/h6-35H,1-5H3/i1D3. The van der Waals surface area contributed by atoms with Gasteiger partial charge in [0.1, 0.15) is 0 Å². The minimum absolute atomic E-state index is 0.268. The first-order chi connectivity index (χ1) is 28.9. The van der Waals surface area contributed by atoms with E-state index in [0.717, 1.165) is 33.8 Å². The van der Waals surface area contributed by atoms with Gasteiger partial charge in [-0.25, -0.2) is 0 Å². The smallest absolute Gasteiger partial charge is 0.0726 e. The summed E-state index contributed by atoms with van der Waals surface area (Å²) in [4.78, 5) is 2.49. The van der Waals surface area contributed by atoms with Gasteiger partial charge in [-0.05, 0) is 108 Å². The van der Waals surface area contributed by atoms with E-state index in [9.17, 15) is 0 Å². The molecule has 0 saturated carbocycles. The Morgan fingerprint density at radius 2 is 0.912 bits per heavy atom. The monoisotopic (exact) mass is 734 g/mol. The zero-order chi connectivity index (χ0) is 41.2. The van der Waals surface area contributed by atoms with E-state index >= 15 is 0 Å². The Morgan fingerprint density at radius 1 is 0.439 bits per heavy atom. The molecule has 1 spiro atoms. The Kier molecular flexibility index (Phi) is 6.49. The fraction of sp³-hybridized carbons (Fsp3) is 0.143. The maximum absolute atomic E-state index is 8.27. The van der Waals surface area contributed by atoms with Crippen LogP contribution in [0.3, 0.4) is 0 Å². The van der Waals surface area contributed by atoms with Gasteiger partial charge in [-0.1, -0.05) is 192 Å². The van der Waals surface area contributed by atoms with Crippen molar-refractivity contribution in [3.63, 3.8) is 0 Å². The lowest BCUT2D eigenvalue weighted by molar-refractivity contribution is 0.590. The summed E-state index contributed by atoms with van der Waals surface area (Å²) in [6, 6.07) is 66.6. The molecular weight excluding hydrogens is 687 g/mol. The van der Waals surface area contributed by atoms with Gasteiger partial charge >= 0.3 is 0 Å². The highest BCUT2D eigenvalue weighted by atomic mass is 15.1. The molecule has 3 aliphatic rings. The number of nitrogens with zero attached hydrogens (tertiary/aromatic N) is 1. The second kappa shape index (κ2) is 12.0. The van der Waals surface area contributed by atoms with Crippen molar-refractivity contribution < 1.29 is 4.11 Å². The van der Waals surface area contributed by atoms with Crippen LogP contribution in [0.5, 0.6) is 0 Å². The molecule has 8 aromatic carbocycles. The number of hydrogen-bond donors (Lipinski definition) is 0. The van der Waals surface area contributed by atoms with Crippen molar-refractivity contribution >= 4 is 17.1 Å². The molecule has 1 nitrogen and oxygen atoms in total. The highest BCUT2D eigenvalue weighted by molar-refractivity contribution is 5.98. The summed E-state index contributed by atoms with van der Waals surface area (Å²) in [5.41, 5.74) is 19.9. The van der Waals surface area contributed by atoms with Gasteiger partial charge in [0.15, 0.2) is 0 Å². The molecule has 0 saturated heterocycles. The normalized spacial score (nSPS) is 15.7. The number of fused-ring (bicyclic) bond motifs is 13. The summed E-state index contributed by atoms with van der Waals surface area (Å²) in [6.07, 6.45) is 0. The summed E-state index contributed by atoms with van der Waals surface area (Å²) in [6.45, 7) is 6.20. The van der Waals surface area contributed by atoms with Crippen LogP contribution in [0.4, 0.5) is 17.1 Å².